The molecule has 0 atom stereocenters. The minimum atomic E-state index is 0.0734. The van der Waals surface area contributed by atoms with Gasteiger partial charge in [0.25, 0.3) is 0 Å². The number of phenols is 4. The molecule has 0 saturated carbocycles. The molecule has 32 heavy (non-hydrogen) atoms. The molecule has 0 fully saturated rings. The number of rotatable bonds is 1. The van der Waals surface area contributed by atoms with E-state index in [0.29, 0.717) is 11.1 Å². The van der Waals surface area contributed by atoms with Gasteiger partial charge in [0.15, 0.2) is 0 Å². The van der Waals surface area contributed by atoms with Gasteiger partial charge in [-0.3, -0.25) is 0 Å². The molecule has 0 aliphatic heterocycles. The SMILES string of the molecule is Oc1ccc2c(ccc3c(-c4c(O)ccc5c4ccc4cc(O)ccc45)c(O)ccc32)c1. The maximum atomic E-state index is 10.9. The van der Waals surface area contributed by atoms with E-state index < -0.39 is 0 Å². The van der Waals surface area contributed by atoms with Crippen molar-refractivity contribution in [2.45, 2.75) is 0 Å². The van der Waals surface area contributed by atoms with E-state index in [4.69, 9.17) is 0 Å². The zero-order valence-electron chi connectivity index (χ0n) is 16.9. The quantitative estimate of drug-likeness (QED) is 0.222. The minimum Gasteiger partial charge on any atom is -0.508 e. The maximum Gasteiger partial charge on any atom is 0.124 e. The Morgan fingerprint density at radius 1 is 0.344 bits per heavy atom. The Balaban J connectivity index is 1.76. The molecule has 4 N–H and O–H groups in total. The summed E-state index contributed by atoms with van der Waals surface area (Å²) in [5, 5.41) is 48.7. The van der Waals surface area contributed by atoms with Gasteiger partial charge in [0.05, 0.1) is 0 Å². The van der Waals surface area contributed by atoms with Gasteiger partial charge in [0.2, 0.25) is 0 Å². The van der Waals surface area contributed by atoms with E-state index >= 15 is 0 Å². The van der Waals surface area contributed by atoms with Crippen LogP contribution in [0.3, 0.4) is 0 Å². The van der Waals surface area contributed by atoms with Crippen LogP contribution in [-0.2, 0) is 0 Å². The van der Waals surface area contributed by atoms with Crippen molar-refractivity contribution in [3.63, 3.8) is 0 Å². The molecule has 0 aliphatic carbocycles. The first-order valence-corrected chi connectivity index (χ1v) is 10.3. The summed E-state index contributed by atoms with van der Waals surface area (Å²) >= 11 is 0. The maximum absolute atomic E-state index is 10.9. The molecule has 6 rings (SSSR count). The zero-order chi connectivity index (χ0) is 22.0. The third-order valence-corrected chi connectivity index (χ3v) is 6.21. The second-order valence-corrected chi connectivity index (χ2v) is 8.05. The molecule has 0 aliphatic rings. The molecule has 0 unspecified atom stereocenters. The first-order valence-electron chi connectivity index (χ1n) is 10.3. The predicted molar refractivity (Wildman–Crippen MR) is 129 cm³/mol. The van der Waals surface area contributed by atoms with Crippen molar-refractivity contribution in [1.29, 1.82) is 0 Å². The molecule has 0 spiro atoms. The van der Waals surface area contributed by atoms with Gasteiger partial charge in [-0.2, -0.15) is 0 Å². The molecule has 0 heterocycles. The average molecular weight is 418 g/mol. The summed E-state index contributed by atoms with van der Waals surface area (Å²) in [4.78, 5) is 0. The van der Waals surface area contributed by atoms with E-state index in [0.717, 1.165) is 43.1 Å². The highest BCUT2D eigenvalue weighted by Crippen LogP contribution is 2.47. The van der Waals surface area contributed by atoms with Gasteiger partial charge in [0, 0.05) is 11.1 Å². The molecule has 4 heteroatoms. The van der Waals surface area contributed by atoms with Gasteiger partial charge >= 0.3 is 0 Å². The van der Waals surface area contributed by atoms with Crippen LogP contribution in [-0.4, -0.2) is 20.4 Å². The van der Waals surface area contributed by atoms with Crippen LogP contribution in [0.15, 0.2) is 84.9 Å². The standard InChI is InChI=1S/C28H18O4/c29-17-3-7-19-15(13-17)1-5-23-21(19)9-11-25(31)27(23)28-24-6-2-16-14-18(30)4-8-20(16)22(24)10-12-26(28)32/h1-14,29-32H. The molecule has 6 aromatic carbocycles. The summed E-state index contributed by atoms with van der Waals surface area (Å²) in [5.41, 5.74) is 1.11. The van der Waals surface area contributed by atoms with E-state index in [9.17, 15) is 20.4 Å². The molecule has 0 saturated heterocycles. The third-order valence-electron chi connectivity index (χ3n) is 6.21. The molecule has 4 nitrogen and oxygen atoms in total. The molecular formula is C28H18O4. The van der Waals surface area contributed by atoms with Crippen molar-refractivity contribution in [2.24, 2.45) is 0 Å². The lowest BCUT2D eigenvalue weighted by Gasteiger charge is -2.16. The van der Waals surface area contributed by atoms with Gasteiger partial charge in [-0.15, -0.1) is 0 Å². The van der Waals surface area contributed by atoms with Crippen LogP contribution >= 0.6 is 0 Å². The summed E-state index contributed by atoms with van der Waals surface area (Å²) in [6, 6.07) is 25.0. The van der Waals surface area contributed by atoms with Crippen LogP contribution < -0.4 is 0 Å². The summed E-state index contributed by atoms with van der Waals surface area (Å²) in [7, 11) is 0. The topological polar surface area (TPSA) is 80.9 Å². The number of aromatic hydroxyl groups is 4. The van der Waals surface area contributed by atoms with Gasteiger partial charge in [-0.05, 0) is 79.5 Å². The monoisotopic (exact) mass is 418 g/mol. The zero-order valence-corrected chi connectivity index (χ0v) is 16.9. The largest absolute Gasteiger partial charge is 0.508 e. The highest BCUT2D eigenvalue weighted by atomic mass is 16.3. The fraction of sp³-hybridized carbons (Fsp3) is 0. The van der Waals surface area contributed by atoms with Crippen molar-refractivity contribution >= 4 is 43.1 Å². The number of benzene rings is 6. The van der Waals surface area contributed by atoms with Crippen molar-refractivity contribution in [1.82, 2.24) is 0 Å². The van der Waals surface area contributed by atoms with Crippen LogP contribution in [0.25, 0.3) is 54.2 Å². The first kappa shape index (κ1) is 18.3. The molecule has 0 amide bonds. The Kier molecular flexibility index (Phi) is 3.74. The lowest BCUT2D eigenvalue weighted by atomic mass is 9.89. The summed E-state index contributed by atoms with van der Waals surface area (Å²) in [6.45, 7) is 0. The molecule has 0 radical (unpaired) electrons. The smallest absolute Gasteiger partial charge is 0.124 e. The molecule has 0 bridgehead atoms. The summed E-state index contributed by atoms with van der Waals surface area (Å²) in [5.74, 6) is 0.536. The van der Waals surface area contributed by atoms with E-state index in [1.807, 2.05) is 48.5 Å². The van der Waals surface area contributed by atoms with E-state index in [2.05, 4.69) is 0 Å². The number of hydrogen-bond donors (Lipinski definition) is 4. The van der Waals surface area contributed by atoms with Crippen molar-refractivity contribution < 1.29 is 20.4 Å². The van der Waals surface area contributed by atoms with Crippen LogP contribution in [0.1, 0.15) is 0 Å². The molecule has 6 aromatic rings. The fourth-order valence-electron chi connectivity index (χ4n) is 4.77. The van der Waals surface area contributed by atoms with Crippen molar-refractivity contribution in [2.75, 3.05) is 0 Å². The Morgan fingerprint density at radius 3 is 1.16 bits per heavy atom. The second kappa shape index (κ2) is 6.53. The minimum absolute atomic E-state index is 0.0734. The predicted octanol–water partition coefficient (Wildman–Crippen LogP) is 6.79. The van der Waals surface area contributed by atoms with Crippen LogP contribution in [0.2, 0.25) is 0 Å². The van der Waals surface area contributed by atoms with Crippen molar-refractivity contribution in [3.8, 4) is 34.1 Å². The normalized spacial score (nSPS) is 11.6. The van der Waals surface area contributed by atoms with Gasteiger partial charge in [-0.1, -0.05) is 48.5 Å². The molecular weight excluding hydrogens is 400 g/mol. The van der Waals surface area contributed by atoms with Crippen LogP contribution in [0, 0.1) is 0 Å². The second-order valence-electron chi connectivity index (χ2n) is 8.05. The molecule has 154 valence electrons. The van der Waals surface area contributed by atoms with Crippen LogP contribution in [0.5, 0.6) is 23.0 Å². The number of fused-ring (bicyclic) bond motifs is 6. The van der Waals surface area contributed by atoms with Gasteiger partial charge in [0.1, 0.15) is 23.0 Å². The Bertz CT molecular complexity index is 1590. The summed E-state index contributed by atoms with van der Waals surface area (Å²) in [6.07, 6.45) is 0. The van der Waals surface area contributed by atoms with Crippen molar-refractivity contribution in [3.05, 3.63) is 84.9 Å². The van der Waals surface area contributed by atoms with E-state index in [1.165, 1.54) is 0 Å². The lowest BCUT2D eigenvalue weighted by Crippen LogP contribution is -1.88. The van der Waals surface area contributed by atoms with Gasteiger partial charge < -0.3 is 20.4 Å². The number of phenolic OH excluding ortho intramolecular Hbond substituents is 4. The Hall–Kier alpha value is -4.44. The van der Waals surface area contributed by atoms with Crippen LogP contribution in [0.4, 0.5) is 0 Å². The lowest BCUT2D eigenvalue weighted by molar-refractivity contribution is 0.470. The van der Waals surface area contributed by atoms with Gasteiger partial charge in [-0.25, -0.2) is 0 Å². The summed E-state index contributed by atoms with van der Waals surface area (Å²) < 4.78 is 0. The fourth-order valence-corrected chi connectivity index (χ4v) is 4.77. The highest BCUT2D eigenvalue weighted by molar-refractivity contribution is 6.19. The third kappa shape index (κ3) is 2.56. The average Bonchev–Trinajstić information content (AvgIpc) is 2.78. The van der Waals surface area contributed by atoms with E-state index in [1.54, 1.807) is 36.4 Å². The molecule has 0 aromatic heterocycles. The number of hydrogen-bond acceptors (Lipinski definition) is 4. The highest BCUT2D eigenvalue weighted by Gasteiger charge is 2.18. The first-order chi connectivity index (χ1) is 15.5. The Morgan fingerprint density at radius 2 is 0.719 bits per heavy atom. The van der Waals surface area contributed by atoms with E-state index in [-0.39, 0.29) is 23.0 Å². The Labute approximate surface area is 182 Å².